The molecular weight excluding hydrogens is 341 g/mol. The minimum Gasteiger partial charge on any atom is -0.404 e. The number of nitrogens with one attached hydrogen (secondary N) is 1. The maximum Gasteiger partial charge on any atom is 0.524 e. The van der Waals surface area contributed by atoms with E-state index < -0.39 is 7.82 Å². The predicted octanol–water partition coefficient (Wildman–Crippen LogP) is 2.61. The van der Waals surface area contributed by atoms with Crippen LogP contribution in [0.3, 0.4) is 0 Å². The molecule has 2 aromatic carbocycles. The summed E-state index contributed by atoms with van der Waals surface area (Å²) in [5.41, 5.74) is 2.86. The van der Waals surface area contributed by atoms with Gasteiger partial charge in [-0.2, -0.15) is 0 Å². The van der Waals surface area contributed by atoms with E-state index in [1.54, 1.807) is 12.1 Å². The van der Waals surface area contributed by atoms with Crippen molar-refractivity contribution in [1.29, 1.82) is 0 Å². The number of amidine groups is 1. The molecule has 25 heavy (non-hydrogen) atoms. The van der Waals surface area contributed by atoms with Crippen LogP contribution in [0.2, 0.25) is 0 Å². The van der Waals surface area contributed by atoms with E-state index in [0.717, 1.165) is 35.9 Å². The number of phosphoric ester groups is 1. The molecule has 0 aliphatic carbocycles. The second-order valence-corrected chi connectivity index (χ2v) is 6.92. The third-order valence-electron chi connectivity index (χ3n) is 3.75. The van der Waals surface area contributed by atoms with Crippen LogP contribution < -0.4 is 14.7 Å². The van der Waals surface area contributed by atoms with Crippen LogP contribution in [-0.2, 0) is 4.57 Å². The van der Waals surface area contributed by atoms with E-state index in [0.29, 0.717) is 6.54 Å². The highest BCUT2D eigenvalue weighted by Gasteiger charge is 2.19. The first-order valence-electron chi connectivity index (χ1n) is 7.87. The van der Waals surface area contributed by atoms with Gasteiger partial charge >= 0.3 is 7.82 Å². The fraction of sp³-hybridized carbons (Fsp3) is 0.235. The van der Waals surface area contributed by atoms with Crippen molar-refractivity contribution in [1.82, 2.24) is 5.32 Å². The molecule has 1 heterocycles. The quantitative estimate of drug-likeness (QED) is 0.685. The molecule has 8 heteroatoms. The Morgan fingerprint density at radius 3 is 2.60 bits per heavy atom. The molecule has 0 saturated heterocycles. The van der Waals surface area contributed by atoms with Crippen LogP contribution in [0, 0.1) is 6.92 Å². The number of hydrogen-bond donors (Lipinski definition) is 3. The van der Waals surface area contributed by atoms with Gasteiger partial charge in [0.2, 0.25) is 0 Å². The number of phosphoric acid groups is 1. The molecule has 0 atom stereocenters. The van der Waals surface area contributed by atoms with Gasteiger partial charge in [0.25, 0.3) is 0 Å². The maximum absolute atomic E-state index is 11.1. The van der Waals surface area contributed by atoms with Gasteiger partial charge in [0.1, 0.15) is 11.6 Å². The average Bonchev–Trinajstić information content (AvgIpc) is 3.05. The molecular formula is C17H20N3O4P. The summed E-state index contributed by atoms with van der Waals surface area (Å²) in [5.74, 6) is 0.992. The smallest absolute Gasteiger partial charge is 0.404 e. The molecule has 3 N–H and O–H groups in total. The van der Waals surface area contributed by atoms with Crippen LogP contribution in [0.4, 0.5) is 11.4 Å². The summed E-state index contributed by atoms with van der Waals surface area (Å²) in [6, 6.07) is 14.7. The number of benzene rings is 2. The van der Waals surface area contributed by atoms with Gasteiger partial charge in [0.15, 0.2) is 0 Å². The summed E-state index contributed by atoms with van der Waals surface area (Å²) in [4.78, 5) is 24.5. The molecule has 0 spiro atoms. The molecule has 1 aliphatic heterocycles. The number of aryl methyl sites for hydroxylation is 1. The highest BCUT2D eigenvalue weighted by molar-refractivity contribution is 7.46. The first-order valence-corrected chi connectivity index (χ1v) is 9.40. The molecule has 0 unspecified atom stereocenters. The monoisotopic (exact) mass is 361 g/mol. The summed E-state index contributed by atoms with van der Waals surface area (Å²) in [5, 5.41) is 3.24. The van der Waals surface area contributed by atoms with Gasteiger partial charge in [-0.25, -0.2) is 4.57 Å². The normalized spacial score (nSPS) is 14.0. The van der Waals surface area contributed by atoms with Gasteiger partial charge < -0.3 is 14.7 Å². The standard InChI is InChI=1S/C17H20N3O4P/c1-13-5-7-14(8-6-13)20(12-17-18-9-10-19-17)15-3-2-4-16(11-15)24-25(21,22)23/h2-8,11H,9-10,12H2,1H3,(H,18,19)(H2,21,22,23). The largest absolute Gasteiger partial charge is 0.524 e. The first-order chi connectivity index (χ1) is 11.9. The Kier molecular flexibility index (Phi) is 5.08. The molecule has 7 nitrogen and oxygen atoms in total. The Hall–Kier alpha value is -2.34. The molecule has 2 aromatic rings. The van der Waals surface area contributed by atoms with E-state index in [-0.39, 0.29) is 5.75 Å². The fourth-order valence-corrected chi connectivity index (χ4v) is 2.99. The summed E-state index contributed by atoms with van der Waals surface area (Å²) < 4.78 is 15.8. The van der Waals surface area contributed by atoms with Gasteiger partial charge in [0.05, 0.1) is 13.1 Å². The second-order valence-electron chi connectivity index (χ2n) is 5.76. The SMILES string of the molecule is Cc1ccc(N(CC2=NCCN2)c2cccc(OP(=O)(O)O)c2)cc1. The van der Waals surface area contributed by atoms with Crippen LogP contribution in [0.15, 0.2) is 53.5 Å². The molecule has 0 aromatic heterocycles. The van der Waals surface area contributed by atoms with Crippen LogP contribution in [0.5, 0.6) is 5.75 Å². The van der Waals surface area contributed by atoms with E-state index in [4.69, 9.17) is 14.3 Å². The van der Waals surface area contributed by atoms with E-state index in [1.807, 2.05) is 42.2 Å². The molecule has 0 fully saturated rings. The van der Waals surface area contributed by atoms with Crippen LogP contribution in [0.25, 0.3) is 0 Å². The van der Waals surface area contributed by atoms with Crippen molar-refractivity contribution in [2.75, 3.05) is 24.5 Å². The highest BCUT2D eigenvalue weighted by atomic mass is 31.2. The number of anilines is 2. The zero-order chi connectivity index (χ0) is 17.9. The van der Waals surface area contributed by atoms with Crippen molar-refractivity contribution in [2.45, 2.75) is 6.92 Å². The number of rotatable bonds is 6. The third-order valence-corrected chi connectivity index (χ3v) is 4.20. The lowest BCUT2D eigenvalue weighted by atomic mass is 10.2. The van der Waals surface area contributed by atoms with Crippen molar-refractivity contribution < 1.29 is 18.9 Å². The van der Waals surface area contributed by atoms with Crippen molar-refractivity contribution in [3.05, 3.63) is 54.1 Å². The van der Waals surface area contributed by atoms with E-state index in [1.165, 1.54) is 6.07 Å². The molecule has 0 amide bonds. The Balaban J connectivity index is 1.94. The lowest BCUT2D eigenvalue weighted by molar-refractivity contribution is 0.283. The zero-order valence-electron chi connectivity index (χ0n) is 13.8. The van der Waals surface area contributed by atoms with Crippen LogP contribution >= 0.6 is 7.82 Å². The summed E-state index contributed by atoms with van der Waals surface area (Å²) >= 11 is 0. The maximum atomic E-state index is 11.1. The first kappa shape index (κ1) is 17.5. The molecule has 3 rings (SSSR count). The van der Waals surface area contributed by atoms with E-state index in [2.05, 4.69) is 10.3 Å². The highest BCUT2D eigenvalue weighted by Crippen LogP contribution is 2.39. The van der Waals surface area contributed by atoms with Crippen molar-refractivity contribution >= 4 is 25.0 Å². The number of hydrogen-bond acceptors (Lipinski definition) is 5. The van der Waals surface area contributed by atoms with Gasteiger partial charge in [-0.1, -0.05) is 23.8 Å². The minimum atomic E-state index is -4.60. The molecule has 0 bridgehead atoms. The van der Waals surface area contributed by atoms with Gasteiger partial charge in [-0.15, -0.1) is 0 Å². The molecule has 132 valence electrons. The van der Waals surface area contributed by atoms with E-state index >= 15 is 0 Å². The van der Waals surface area contributed by atoms with Gasteiger partial charge in [0, 0.05) is 24.0 Å². The Labute approximate surface area is 146 Å². The van der Waals surface area contributed by atoms with Crippen molar-refractivity contribution in [3.8, 4) is 5.75 Å². The minimum absolute atomic E-state index is 0.115. The summed E-state index contributed by atoms with van der Waals surface area (Å²) in [6.07, 6.45) is 0. The Morgan fingerprint density at radius 2 is 1.96 bits per heavy atom. The topological polar surface area (TPSA) is 94.4 Å². The van der Waals surface area contributed by atoms with Crippen molar-refractivity contribution in [3.63, 3.8) is 0 Å². The molecule has 1 aliphatic rings. The van der Waals surface area contributed by atoms with Gasteiger partial charge in [-0.05, 0) is 31.2 Å². The summed E-state index contributed by atoms with van der Waals surface area (Å²) in [7, 11) is -4.60. The van der Waals surface area contributed by atoms with Crippen LogP contribution in [-0.4, -0.2) is 35.3 Å². The number of aliphatic imine (C=N–C) groups is 1. The second kappa shape index (κ2) is 7.27. The zero-order valence-corrected chi connectivity index (χ0v) is 14.7. The van der Waals surface area contributed by atoms with Gasteiger partial charge in [-0.3, -0.25) is 14.8 Å². The average molecular weight is 361 g/mol. The molecule has 0 saturated carbocycles. The predicted molar refractivity (Wildman–Crippen MR) is 97.6 cm³/mol. The fourth-order valence-electron chi connectivity index (χ4n) is 2.60. The number of nitrogens with zero attached hydrogens (tertiary/aromatic N) is 2. The third kappa shape index (κ3) is 4.82. The Morgan fingerprint density at radius 1 is 1.20 bits per heavy atom. The van der Waals surface area contributed by atoms with Crippen LogP contribution in [0.1, 0.15) is 5.56 Å². The lowest BCUT2D eigenvalue weighted by Gasteiger charge is -2.25. The lowest BCUT2D eigenvalue weighted by Crippen LogP contribution is -2.32. The summed E-state index contributed by atoms with van der Waals surface area (Å²) in [6.45, 7) is 4.12. The Bertz CT molecular complexity index is 817. The molecule has 0 radical (unpaired) electrons. The van der Waals surface area contributed by atoms with Crippen molar-refractivity contribution in [2.24, 2.45) is 4.99 Å². The van der Waals surface area contributed by atoms with E-state index in [9.17, 15) is 4.57 Å².